The van der Waals surface area contributed by atoms with Gasteiger partial charge in [-0.15, -0.1) is 10.2 Å². The standard InChI is InChI=1S/C20H17FN4O/c1-26-19-9-5-16(21)11-14(19)4-6-17-7-8-18(15-3-2-10-22-12-15)20-24-23-13-25(17)20/h2-3,5,7-13H,4,6H2,1H3. The number of aryl methyl sites for hydroxylation is 2. The van der Waals surface area contributed by atoms with Gasteiger partial charge in [0.25, 0.3) is 0 Å². The second kappa shape index (κ2) is 6.92. The molecule has 6 heteroatoms. The maximum atomic E-state index is 13.6. The summed E-state index contributed by atoms with van der Waals surface area (Å²) in [7, 11) is 1.59. The Morgan fingerprint density at radius 3 is 2.85 bits per heavy atom. The summed E-state index contributed by atoms with van der Waals surface area (Å²) in [5, 5.41) is 8.32. The highest BCUT2D eigenvalue weighted by Gasteiger charge is 2.11. The summed E-state index contributed by atoms with van der Waals surface area (Å²) in [6.07, 6.45) is 6.61. The number of aromatic nitrogens is 4. The van der Waals surface area contributed by atoms with E-state index in [1.807, 2.05) is 28.7 Å². The topological polar surface area (TPSA) is 52.3 Å². The van der Waals surface area contributed by atoms with E-state index in [0.717, 1.165) is 28.0 Å². The first-order chi connectivity index (χ1) is 12.8. The molecule has 130 valence electrons. The van der Waals surface area contributed by atoms with Gasteiger partial charge in [0.2, 0.25) is 0 Å². The fraction of sp³-hybridized carbons (Fsp3) is 0.150. The Morgan fingerprint density at radius 2 is 2.04 bits per heavy atom. The minimum Gasteiger partial charge on any atom is -0.496 e. The van der Waals surface area contributed by atoms with E-state index in [0.29, 0.717) is 18.6 Å². The van der Waals surface area contributed by atoms with Gasteiger partial charge in [0.05, 0.1) is 7.11 Å². The molecule has 0 atom stereocenters. The Morgan fingerprint density at radius 1 is 1.12 bits per heavy atom. The highest BCUT2D eigenvalue weighted by Crippen LogP contribution is 2.25. The maximum absolute atomic E-state index is 13.6. The average molecular weight is 348 g/mol. The van der Waals surface area contributed by atoms with Crippen molar-refractivity contribution in [1.29, 1.82) is 0 Å². The minimum absolute atomic E-state index is 0.262. The average Bonchev–Trinajstić information content (AvgIpc) is 3.17. The lowest BCUT2D eigenvalue weighted by Gasteiger charge is -2.11. The summed E-state index contributed by atoms with van der Waals surface area (Å²) in [5.74, 6) is 0.431. The van der Waals surface area contributed by atoms with Crippen LogP contribution in [0.15, 0.2) is 61.2 Å². The van der Waals surface area contributed by atoms with E-state index in [1.165, 1.54) is 12.1 Å². The Labute approximate surface area is 150 Å². The lowest BCUT2D eigenvalue weighted by atomic mass is 10.0. The zero-order valence-corrected chi connectivity index (χ0v) is 14.3. The van der Waals surface area contributed by atoms with Gasteiger partial charge >= 0.3 is 0 Å². The number of pyridine rings is 2. The molecule has 0 unspecified atom stereocenters. The van der Waals surface area contributed by atoms with Crippen LogP contribution in [0.25, 0.3) is 16.8 Å². The van der Waals surface area contributed by atoms with Crippen LogP contribution in [0.5, 0.6) is 5.75 Å². The molecule has 26 heavy (non-hydrogen) atoms. The Balaban J connectivity index is 1.67. The van der Waals surface area contributed by atoms with Gasteiger partial charge < -0.3 is 4.74 Å². The fourth-order valence-electron chi connectivity index (χ4n) is 3.12. The number of rotatable bonds is 5. The van der Waals surface area contributed by atoms with E-state index in [2.05, 4.69) is 15.2 Å². The molecule has 0 aliphatic heterocycles. The summed E-state index contributed by atoms with van der Waals surface area (Å²) in [6, 6.07) is 12.5. The van der Waals surface area contributed by atoms with Crippen molar-refractivity contribution in [1.82, 2.24) is 19.6 Å². The molecule has 4 rings (SSSR count). The first kappa shape index (κ1) is 16.2. The van der Waals surface area contributed by atoms with Crippen molar-refractivity contribution >= 4 is 5.65 Å². The van der Waals surface area contributed by atoms with Gasteiger partial charge in [0, 0.05) is 29.2 Å². The summed E-state index contributed by atoms with van der Waals surface area (Å²) >= 11 is 0. The fourth-order valence-corrected chi connectivity index (χ4v) is 3.12. The van der Waals surface area contributed by atoms with E-state index in [9.17, 15) is 4.39 Å². The highest BCUT2D eigenvalue weighted by atomic mass is 19.1. The van der Waals surface area contributed by atoms with E-state index in [1.54, 1.807) is 31.9 Å². The molecule has 3 heterocycles. The zero-order valence-electron chi connectivity index (χ0n) is 14.3. The van der Waals surface area contributed by atoms with Crippen LogP contribution in [0.3, 0.4) is 0 Å². The van der Waals surface area contributed by atoms with Gasteiger partial charge in [0.15, 0.2) is 5.65 Å². The number of benzene rings is 1. The lowest BCUT2D eigenvalue weighted by molar-refractivity contribution is 0.408. The van der Waals surface area contributed by atoms with Crippen LogP contribution in [0, 0.1) is 5.82 Å². The second-order valence-corrected chi connectivity index (χ2v) is 5.96. The number of methoxy groups -OCH3 is 1. The predicted octanol–water partition coefficient (Wildman–Crippen LogP) is 3.72. The van der Waals surface area contributed by atoms with Gasteiger partial charge in [-0.3, -0.25) is 9.38 Å². The van der Waals surface area contributed by atoms with E-state index in [-0.39, 0.29) is 5.82 Å². The van der Waals surface area contributed by atoms with Gasteiger partial charge in [0.1, 0.15) is 17.9 Å². The first-order valence-electron chi connectivity index (χ1n) is 8.30. The number of ether oxygens (including phenoxy) is 1. The molecule has 0 N–H and O–H groups in total. The maximum Gasteiger partial charge on any atom is 0.168 e. The number of halogens is 1. The Hall–Kier alpha value is -3.28. The molecular formula is C20H17FN4O. The third-order valence-corrected chi connectivity index (χ3v) is 4.41. The SMILES string of the molecule is COc1ccc(F)cc1CCc1ccc(-c2cccnc2)c2nncn12. The third kappa shape index (κ3) is 3.01. The second-order valence-electron chi connectivity index (χ2n) is 5.96. The summed E-state index contributed by atoms with van der Waals surface area (Å²) < 4.78 is 20.9. The molecule has 0 saturated heterocycles. The molecule has 0 radical (unpaired) electrons. The zero-order chi connectivity index (χ0) is 17.9. The molecule has 0 fully saturated rings. The van der Waals surface area contributed by atoms with Crippen molar-refractivity contribution in [2.75, 3.05) is 7.11 Å². The van der Waals surface area contributed by atoms with E-state index >= 15 is 0 Å². The monoisotopic (exact) mass is 348 g/mol. The van der Waals surface area contributed by atoms with Crippen LogP contribution in [0.1, 0.15) is 11.3 Å². The molecule has 5 nitrogen and oxygen atoms in total. The quantitative estimate of drug-likeness (QED) is 0.551. The number of nitrogens with zero attached hydrogens (tertiary/aromatic N) is 4. The Bertz CT molecular complexity index is 1050. The van der Waals surface area contributed by atoms with Crippen molar-refractivity contribution in [3.05, 3.63) is 78.3 Å². The van der Waals surface area contributed by atoms with Gasteiger partial charge in [-0.05, 0) is 54.8 Å². The van der Waals surface area contributed by atoms with Crippen molar-refractivity contribution in [3.8, 4) is 16.9 Å². The molecular weight excluding hydrogens is 331 g/mol. The molecule has 1 aromatic carbocycles. The van der Waals surface area contributed by atoms with Gasteiger partial charge in [-0.1, -0.05) is 6.07 Å². The summed E-state index contributed by atoms with van der Waals surface area (Å²) in [5.41, 5.74) is 4.63. The van der Waals surface area contributed by atoms with E-state index in [4.69, 9.17) is 4.74 Å². The predicted molar refractivity (Wildman–Crippen MR) is 96.6 cm³/mol. The molecule has 0 aliphatic rings. The smallest absolute Gasteiger partial charge is 0.168 e. The van der Waals surface area contributed by atoms with Crippen LogP contribution in [-0.4, -0.2) is 26.7 Å². The third-order valence-electron chi connectivity index (χ3n) is 4.41. The van der Waals surface area contributed by atoms with Crippen LogP contribution in [0.2, 0.25) is 0 Å². The normalized spacial score (nSPS) is 11.0. The highest BCUT2D eigenvalue weighted by molar-refractivity contribution is 5.76. The number of hydrogen-bond acceptors (Lipinski definition) is 4. The summed E-state index contributed by atoms with van der Waals surface area (Å²) in [6.45, 7) is 0. The van der Waals surface area contributed by atoms with Crippen LogP contribution in [-0.2, 0) is 12.8 Å². The van der Waals surface area contributed by atoms with Crippen LogP contribution < -0.4 is 4.74 Å². The van der Waals surface area contributed by atoms with Crippen molar-refractivity contribution in [2.24, 2.45) is 0 Å². The Kier molecular flexibility index (Phi) is 4.31. The van der Waals surface area contributed by atoms with Crippen molar-refractivity contribution in [3.63, 3.8) is 0 Å². The molecule has 0 amide bonds. The first-order valence-corrected chi connectivity index (χ1v) is 8.30. The van der Waals surface area contributed by atoms with Crippen LogP contribution in [0.4, 0.5) is 4.39 Å². The van der Waals surface area contributed by atoms with Crippen molar-refractivity contribution < 1.29 is 9.13 Å². The largest absolute Gasteiger partial charge is 0.496 e. The summed E-state index contributed by atoms with van der Waals surface area (Å²) in [4.78, 5) is 4.17. The molecule has 0 saturated carbocycles. The van der Waals surface area contributed by atoms with Crippen LogP contribution >= 0.6 is 0 Å². The minimum atomic E-state index is -0.262. The molecule has 0 aliphatic carbocycles. The molecule has 4 aromatic rings. The van der Waals surface area contributed by atoms with Gasteiger partial charge in [-0.2, -0.15) is 0 Å². The van der Waals surface area contributed by atoms with Crippen molar-refractivity contribution in [2.45, 2.75) is 12.8 Å². The molecule has 0 bridgehead atoms. The number of hydrogen-bond donors (Lipinski definition) is 0. The molecule has 0 spiro atoms. The van der Waals surface area contributed by atoms with E-state index < -0.39 is 0 Å². The van der Waals surface area contributed by atoms with Gasteiger partial charge in [-0.25, -0.2) is 4.39 Å². The number of fused-ring (bicyclic) bond motifs is 1. The molecule has 3 aromatic heterocycles. The lowest BCUT2D eigenvalue weighted by Crippen LogP contribution is -2.02.